The van der Waals surface area contributed by atoms with Crippen LogP contribution in [0.5, 0.6) is 0 Å². The molecule has 22 heavy (non-hydrogen) atoms. The molecule has 1 unspecified atom stereocenters. The highest BCUT2D eigenvalue weighted by atomic mass is 16.5. The van der Waals surface area contributed by atoms with Gasteiger partial charge in [-0.15, -0.1) is 0 Å². The van der Waals surface area contributed by atoms with Crippen molar-refractivity contribution in [3.05, 3.63) is 24.3 Å². The topological polar surface area (TPSA) is 68.2 Å². The molecule has 2 aliphatic heterocycles. The summed E-state index contributed by atoms with van der Waals surface area (Å²) in [6.45, 7) is 6.20. The van der Waals surface area contributed by atoms with Crippen LogP contribution in [0.25, 0.3) is 0 Å². The van der Waals surface area contributed by atoms with Crippen LogP contribution < -0.4 is 10.2 Å². The molecule has 2 saturated heterocycles. The van der Waals surface area contributed by atoms with Crippen LogP contribution in [0.2, 0.25) is 0 Å². The molecule has 3 rings (SSSR count). The first-order valence-corrected chi connectivity index (χ1v) is 7.96. The third-order valence-electron chi connectivity index (χ3n) is 4.44. The fourth-order valence-corrected chi connectivity index (χ4v) is 2.87. The standard InChI is InChI=1S/C16H25N3O3/c20-10-16(21)9-17-13-1-3-14(4-2-13)18-5-7-19(8-6-18)15-11-22-12-15/h1-4,15-17,20-21H,5-12H2. The lowest BCUT2D eigenvalue weighted by Crippen LogP contribution is -2.56. The van der Waals surface area contributed by atoms with Crippen molar-refractivity contribution in [3.8, 4) is 0 Å². The van der Waals surface area contributed by atoms with Crippen LogP contribution in [0.3, 0.4) is 0 Å². The molecule has 0 aliphatic carbocycles. The molecule has 0 saturated carbocycles. The van der Waals surface area contributed by atoms with Gasteiger partial charge in [0.2, 0.25) is 0 Å². The second kappa shape index (κ2) is 7.28. The van der Waals surface area contributed by atoms with E-state index in [0.29, 0.717) is 12.6 Å². The summed E-state index contributed by atoms with van der Waals surface area (Å²) in [6.07, 6.45) is -0.719. The molecule has 122 valence electrons. The van der Waals surface area contributed by atoms with Gasteiger partial charge in [-0.1, -0.05) is 0 Å². The van der Waals surface area contributed by atoms with E-state index in [-0.39, 0.29) is 6.61 Å². The Labute approximate surface area is 131 Å². The number of benzene rings is 1. The number of aliphatic hydroxyl groups is 2. The van der Waals surface area contributed by atoms with Crippen molar-refractivity contribution in [3.63, 3.8) is 0 Å². The predicted octanol–water partition coefficient (Wildman–Crippen LogP) is -0.0275. The van der Waals surface area contributed by atoms with Gasteiger partial charge in [0.1, 0.15) is 0 Å². The van der Waals surface area contributed by atoms with Crippen LogP contribution in [-0.2, 0) is 4.74 Å². The van der Waals surface area contributed by atoms with E-state index >= 15 is 0 Å². The minimum Gasteiger partial charge on any atom is -0.394 e. The molecule has 2 heterocycles. The number of ether oxygens (including phenoxy) is 1. The monoisotopic (exact) mass is 307 g/mol. The molecule has 3 N–H and O–H groups in total. The minimum atomic E-state index is -0.719. The summed E-state index contributed by atoms with van der Waals surface area (Å²) in [4.78, 5) is 4.93. The van der Waals surface area contributed by atoms with Gasteiger partial charge in [-0.25, -0.2) is 0 Å². The smallest absolute Gasteiger partial charge is 0.0942 e. The van der Waals surface area contributed by atoms with E-state index in [9.17, 15) is 5.11 Å². The van der Waals surface area contributed by atoms with Gasteiger partial charge in [-0.3, -0.25) is 4.90 Å². The Morgan fingerprint density at radius 3 is 2.36 bits per heavy atom. The van der Waals surface area contributed by atoms with Crippen LogP contribution in [0.15, 0.2) is 24.3 Å². The molecule has 0 radical (unpaired) electrons. The summed E-state index contributed by atoms with van der Waals surface area (Å²) in [7, 11) is 0. The third kappa shape index (κ3) is 3.70. The van der Waals surface area contributed by atoms with Crippen LogP contribution in [0, 0.1) is 0 Å². The van der Waals surface area contributed by atoms with Gasteiger partial charge in [0.25, 0.3) is 0 Å². The maximum atomic E-state index is 9.34. The first-order chi connectivity index (χ1) is 10.8. The van der Waals surface area contributed by atoms with E-state index in [4.69, 9.17) is 9.84 Å². The number of piperazine rings is 1. The van der Waals surface area contributed by atoms with Crippen molar-refractivity contribution in [1.29, 1.82) is 0 Å². The molecule has 1 aromatic rings. The lowest BCUT2D eigenvalue weighted by molar-refractivity contribution is -0.0660. The summed E-state index contributed by atoms with van der Waals surface area (Å²) in [5.41, 5.74) is 2.19. The Kier molecular flexibility index (Phi) is 5.15. The lowest BCUT2D eigenvalue weighted by Gasteiger charge is -2.43. The first kappa shape index (κ1) is 15.6. The molecule has 0 aromatic heterocycles. The summed E-state index contributed by atoms with van der Waals surface area (Å²) < 4.78 is 5.26. The molecular weight excluding hydrogens is 282 g/mol. The Morgan fingerprint density at radius 1 is 1.14 bits per heavy atom. The number of anilines is 2. The number of aliphatic hydroxyl groups excluding tert-OH is 2. The Bertz CT molecular complexity index is 456. The average Bonchev–Trinajstić information content (AvgIpc) is 2.52. The van der Waals surface area contributed by atoms with Crippen LogP contribution in [0.4, 0.5) is 11.4 Å². The summed E-state index contributed by atoms with van der Waals surface area (Å²) >= 11 is 0. The zero-order chi connectivity index (χ0) is 15.4. The van der Waals surface area contributed by atoms with Crippen molar-refractivity contribution < 1.29 is 14.9 Å². The normalized spacial score (nSPS) is 21.5. The molecule has 6 heteroatoms. The number of nitrogens with one attached hydrogen (secondary N) is 1. The Hall–Kier alpha value is -1.34. The van der Waals surface area contributed by atoms with E-state index in [1.165, 1.54) is 5.69 Å². The quantitative estimate of drug-likeness (QED) is 0.686. The highest BCUT2D eigenvalue weighted by Crippen LogP contribution is 2.21. The molecule has 2 aliphatic rings. The number of hydrogen-bond acceptors (Lipinski definition) is 6. The van der Waals surface area contributed by atoms with Gasteiger partial charge in [-0.2, -0.15) is 0 Å². The third-order valence-corrected chi connectivity index (χ3v) is 4.44. The SMILES string of the molecule is OCC(O)CNc1ccc(N2CCN(C3COC3)CC2)cc1. The maximum Gasteiger partial charge on any atom is 0.0942 e. The number of nitrogens with zero attached hydrogens (tertiary/aromatic N) is 2. The Morgan fingerprint density at radius 2 is 1.82 bits per heavy atom. The highest BCUT2D eigenvalue weighted by Gasteiger charge is 2.28. The summed E-state index contributed by atoms with van der Waals surface area (Å²) in [5.74, 6) is 0. The molecule has 1 aromatic carbocycles. The molecular formula is C16H25N3O3. The highest BCUT2D eigenvalue weighted by molar-refractivity contribution is 5.55. The molecule has 0 bridgehead atoms. The molecule has 0 spiro atoms. The average molecular weight is 307 g/mol. The minimum absolute atomic E-state index is 0.221. The summed E-state index contributed by atoms with van der Waals surface area (Å²) in [5, 5.41) is 21.3. The second-order valence-corrected chi connectivity index (χ2v) is 5.98. The number of hydrogen-bond donors (Lipinski definition) is 3. The van der Waals surface area contributed by atoms with Gasteiger partial charge in [0.05, 0.1) is 32.0 Å². The predicted molar refractivity (Wildman–Crippen MR) is 86.4 cm³/mol. The van der Waals surface area contributed by atoms with Crippen molar-refractivity contribution in [1.82, 2.24) is 4.90 Å². The fraction of sp³-hybridized carbons (Fsp3) is 0.625. The van der Waals surface area contributed by atoms with Crippen molar-refractivity contribution in [2.24, 2.45) is 0 Å². The van der Waals surface area contributed by atoms with E-state index in [1.54, 1.807) is 0 Å². The van der Waals surface area contributed by atoms with Crippen molar-refractivity contribution >= 4 is 11.4 Å². The van der Waals surface area contributed by atoms with Crippen LogP contribution >= 0.6 is 0 Å². The largest absolute Gasteiger partial charge is 0.394 e. The van der Waals surface area contributed by atoms with Gasteiger partial charge < -0.3 is 25.2 Å². The van der Waals surface area contributed by atoms with Gasteiger partial charge in [0.15, 0.2) is 0 Å². The zero-order valence-corrected chi connectivity index (χ0v) is 12.8. The lowest BCUT2D eigenvalue weighted by atomic mass is 10.1. The van der Waals surface area contributed by atoms with Gasteiger partial charge in [-0.05, 0) is 24.3 Å². The van der Waals surface area contributed by atoms with E-state index < -0.39 is 6.10 Å². The molecule has 1 atom stereocenters. The summed E-state index contributed by atoms with van der Waals surface area (Å²) in [6, 6.07) is 8.88. The van der Waals surface area contributed by atoms with E-state index in [1.807, 2.05) is 12.1 Å². The molecule has 6 nitrogen and oxygen atoms in total. The second-order valence-electron chi connectivity index (χ2n) is 5.98. The Balaban J connectivity index is 1.48. The van der Waals surface area contributed by atoms with E-state index in [2.05, 4.69) is 27.2 Å². The first-order valence-electron chi connectivity index (χ1n) is 7.96. The van der Waals surface area contributed by atoms with Crippen LogP contribution in [0.1, 0.15) is 0 Å². The van der Waals surface area contributed by atoms with Crippen molar-refractivity contribution in [2.45, 2.75) is 12.1 Å². The molecule has 0 amide bonds. The maximum absolute atomic E-state index is 9.34. The molecule has 2 fully saturated rings. The fourth-order valence-electron chi connectivity index (χ4n) is 2.87. The number of rotatable bonds is 6. The zero-order valence-electron chi connectivity index (χ0n) is 12.8. The van der Waals surface area contributed by atoms with Crippen molar-refractivity contribution in [2.75, 3.05) is 62.8 Å². The van der Waals surface area contributed by atoms with Crippen LogP contribution in [-0.4, -0.2) is 79.8 Å². The van der Waals surface area contributed by atoms with E-state index in [0.717, 1.165) is 45.1 Å². The van der Waals surface area contributed by atoms with Gasteiger partial charge >= 0.3 is 0 Å². The van der Waals surface area contributed by atoms with Gasteiger partial charge in [0, 0.05) is 44.1 Å².